The van der Waals surface area contributed by atoms with Gasteiger partial charge in [0, 0.05) is 0 Å². The van der Waals surface area contributed by atoms with Crippen molar-refractivity contribution in [2.45, 2.75) is 6.61 Å². The van der Waals surface area contributed by atoms with Crippen LogP contribution < -0.4 is 10.2 Å². The predicted molar refractivity (Wildman–Crippen MR) is 50.0 cm³/mol. The molecule has 0 aliphatic carbocycles. The minimum atomic E-state index is 0. The van der Waals surface area contributed by atoms with Gasteiger partial charge in [0.2, 0.25) is 0 Å². The van der Waals surface area contributed by atoms with Gasteiger partial charge in [-0.3, -0.25) is 0 Å². The van der Waals surface area contributed by atoms with Crippen LogP contribution in [0.25, 0.3) is 0 Å². The zero-order valence-corrected chi connectivity index (χ0v) is 9.48. The molecule has 1 aromatic carbocycles. The Labute approximate surface area is 95.2 Å². The van der Waals surface area contributed by atoms with Crippen LogP contribution >= 0.6 is 0 Å². The Morgan fingerprint density at radius 1 is 1.00 bits per heavy atom. The van der Waals surface area contributed by atoms with Crippen LogP contribution in [0.4, 0.5) is 0 Å². The number of hydrogen-bond acceptors (Lipinski definition) is 3. The Kier molecular flexibility index (Phi) is 25.5. The van der Waals surface area contributed by atoms with Crippen LogP contribution in [-0.4, -0.2) is 42.4 Å². The maximum atomic E-state index is 8.54. The van der Waals surface area contributed by atoms with Gasteiger partial charge in [-0.1, -0.05) is 30.3 Å². The van der Waals surface area contributed by atoms with E-state index in [1.165, 1.54) is 0 Å². The molecule has 0 unspecified atom stereocenters. The summed E-state index contributed by atoms with van der Waals surface area (Å²) in [6.07, 6.45) is 0. The fraction of sp³-hybridized carbons (Fsp3) is 0.333. The van der Waals surface area contributed by atoms with Crippen LogP contribution in [0.5, 0.6) is 0 Å². The molecule has 70 valence electrons. The van der Waals surface area contributed by atoms with Crippen molar-refractivity contribution in [2.24, 2.45) is 0 Å². The molecular formula is C9H14MgO3. The van der Waals surface area contributed by atoms with Crippen molar-refractivity contribution in [2.75, 3.05) is 14.2 Å². The summed E-state index contributed by atoms with van der Waals surface area (Å²) in [6.45, 7) is 0.140. The molecule has 0 heterocycles. The maximum Gasteiger partial charge on any atom is 2.00 e. The summed E-state index contributed by atoms with van der Waals surface area (Å²) in [5, 5.41) is 25.0. The molecular weight excluding hydrogens is 180 g/mol. The summed E-state index contributed by atoms with van der Waals surface area (Å²) in [6, 6.07) is 9.52. The van der Waals surface area contributed by atoms with E-state index in [0.717, 1.165) is 19.8 Å². The van der Waals surface area contributed by atoms with Gasteiger partial charge >= 0.3 is 23.1 Å². The van der Waals surface area contributed by atoms with Crippen LogP contribution in [-0.2, 0) is 6.61 Å². The number of rotatable bonds is 1. The standard InChI is InChI=1S/C7H8O.2CH3O.Mg/c8-6-7-4-2-1-3-5-7;2*1-2;/h1-5,8H,6H2;2*1H3;/q;2*-1;+2. The van der Waals surface area contributed by atoms with Gasteiger partial charge in [-0.25, -0.2) is 0 Å². The molecule has 1 aromatic rings. The minimum absolute atomic E-state index is 0. The summed E-state index contributed by atoms with van der Waals surface area (Å²) in [7, 11) is 1.50. The van der Waals surface area contributed by atoms with Crippen LogP contribution in [0, 0.1) is 0 Å². The Hall–Kier alpha value is -0.134. The summed E-state index contributed by atoms with van der Waals surface area (Å²) >= 11 is 0. The number of aliphatic hydroxyl groups excluding tert-OH is 1. The van der Waals surface area contributed by atoms with E-state index in [1.54, 1.807) is 0 Å². The molecule has 0 radical (unpaired) electrons. The Bertz CT molecular complexity index is 156. The normalized spacial score (nSPS) is 6.54. The van der Waals surface area contributed by atoms with Crippen molar-refractivity contribution in [3.05, 3.63) is 35.9 Å². The number of hydrogen-bond donors (Lipinski definition) is 1. The fourth-order valence-electron chi connectivity index (χ4n) is 0.583. The fourth-order valence-corrected chi connectivity index (χ4v) is 0.583. The molecule has 1 N–H and O–H groups in total. The minimum Gasteiger partial charge on any atom is -0.857 e. The van der Waals surface area contributed by atoms with Crippen molar-refractivity contribution in [3.63, 3.8) is 0 Å². The largest absolute Gasteiger partial charge is 2.00 e. The van der Waals surface area contributed by atoms with E-state index in [1.807, 2.05) is 30.3 Å². The van der Waals surface area contributed by atoms with Crippen molar-refractivity contribution >= 4 is 23.1 Å². The van der Waals surface area contributed by atoms with E-state index in [0.29, 0.717) is 0 Å². The van der Waals surface area contributed by atoms with E-state index >= 15 is 0 Å². The predicted octanol–water partition coefficient (Wildman–Crippen LogP) is -1.25. The molecule has 4 heteroatoms. The first-order valence-corrected chi connectivity index (χ1v) is 3.40. The second-order valence-corrected chi connectivity index (χ2v) is 1.64. The number of aliphatic hydroxyl groups is 1. The van der Waals surface area contributed by atoms with Crippen molar-refractivity contribution in [3.8, 4) is 0 Å². The van der Waals surface area contributed by atoms with Gasteiger partial charge in [0.25, 0.3) is 0 Å². The van der Waals surface area contributed by atoms with Gasteiger partial charge in [0.1, 0.15) is 0 Å². The average Bonchev–Trinajstić information content (AvgIpc) is 2.25. The van der Waals surface area contributed by atoms with Gasteiger partial charge < -0.3 is 15.3 Å². The zero-order chi connectivity index (χ0) is 9.82. The molecule has 0 aliphatic rings. The molecule has 0 spiro atoms. The van der Waals surface area contributed by atoms with Crippen molar-refractivity contribution in [1.29, 1.82) is 0 Å². The molecule has 13 heavy (non-hydrogen) atoms. The summed E-state index contributed by atoms with van der Waals surface area (Å²) in [4.78, 5) is 0. The molecule has 0 amide bonds. The average molecular weight is 195 g/mol. The second-order valence-electron chi connectivity index (χ2n) is 1.64. The molecule has 0 aromatic heterocycles. The smallest absolute Gasteiger partial charge is 0.857 e. The first-order chi connectivity index (χ1) is 5.93. The Morgan fingerprint density at radius 2 is 1.38 bits per heavy atom. The van der Waals surface area contributed by atoms with Crippen LogP contribution in [0.3, 0.4) is 0 Å². The Morgan fingerprint density at radius 3 is 1.62 bits per heavy atom. The summed E-state index contributed by atoms with van der Waals surface area (Å²) in [5.41, 5.74) is 0.965. The third-order valence-corrected chi connectivity index (χ3v) is 1.03. The molecule has 1 rings (SSSR count). The van der Waals surface area contributed by atoms with Gasteiger partial charge in [0.05, 0.1) is 6.61 Å². The van der Waals surface area contributed by atoms with Crippen molar-refractivity contribution < 1.29 is 15.3 Å². The zero-order valence-electron chi connectivity index (χ0n) is 8.06. The first-order valence-electron chi connectivity index (χ1n) is 3.40. The third kappa shape index (κ3) is 11.9. The van der Waals surface area contributed by atoms with Gasteiger partial charge in [-0.2, -0.15) is 14.2 Å². The number of benzene rings is 1. The SMILES string of the molecule is C[O-].C[O-].OCc1ccccc1.[Mg+2]. The molecule has 0 aliphatic heterocycles. The van der Waals surface area contributed by atoms with Crippen LogP contribution in [0.1, 0.15) is 5.56 Å². The molecule has 0 atom stereocenters. The molecule has 0 fully saturated rings. The quantitative estimate of drug-likeness (QED) is 0.568. The van der Waals surface area contributed by atoms with Gasteiger partial charge in [0.15, 0.2) is 0 Å². The second kappa shape index (κ2) is 17.8. The van der Waals surface area contributed by atoms with E-state index in [4.69, 9.17) is 15.3 Å². The molecule has 0 bridgehead atoms. The van der Waals surface area contributed by atoms with E-state index in [2.05, 4.69) is 0 Å². The molecule has 3 nitrogen and oxygen atoms in total. The summed E-state index contributed by atoms with van der Waals surface area (Å²) < 4.78 is 0. The maximum absolute atomic E-state index is 8.54. The third-order valence-electron chi connectivity index (χ3n) is 1.03. The van der Waals surface area contributed by atoms with E-state index in [9.17, 15) is 0 Å². The van der Waals surface area contributed by atoms with E-state index < -0.39 is 0 Å². The van der Waals surface area contributed by atoms with Gasteiger partial charge in [-0.05, 0) is 5.56 Å². The summed E-state index contributed by atoms with van der Waals surface area (Å²) in [5.74, 6) is 0. The van der Waals surface area contributed by atoms with Gasteiger partial charge in [-0.15, -0.1) is 0 Å². The molecule has 0 saturated heterocycles. The van der Waals surface area contributed by atoms with Crippen LogP contribution in [0.2, 0.25) is 0 Å². The van der Waals surface area contributed by atoms with Crippen LogP contribution in [0.15, 0.2) is 30.3 Å². The van der Waals surface area contributed by atoms with E-state index in [-0.39, 0.29) is 29.7 Å². The topological polar surface area (TPSA) is 66.3 Å². The molecule has 0 saturated carbocycles. The Balaban J connectivity index is -0.000000178. The first kappa shape index (κ1) is 18.6. The monoisotopic (exact) mass is 194 g/mol. The van der Waals surface area contributed by atoms with Crippen molar-refractivity contribution in [1.82, 2.24) is 0 Å².